The van der Waals surface area contributed by atoms with Crippen molar-refractivity contribution in [3.63, 3.8) is 0 Å². The fourth-order valence-corrected chi connectivity index (χ4v) is 2.43. The molecule has 0 aliphatic rings. The van der Waals surface area contributed by atoms with Crippen molar-refractivity contribution in [3.05, 3.63) is 59.8 Å². The van der Waals surface area contributed by atoms with Crippen molar-refractivity contribution in [2.24, 2.45) is 0 Å². The second-order valence-electron chi connectivity index (χ2n) is 4.88. The summed E-state index contributed by atoms with van der Waals surface area (Å²) in [5.41, 5.74) is 2.47. The predicted molar refractivity (Wildman–Crippen MR) is 83.2 cm³/mol. The molecule has 0 saturated heterocycles. The van der Waals surface area contributed by atoms with Gasteiger partial charge in [-0.05, 0) is 18.2 Å². The molecular formula is C17H16N2O3. The van der Waals surface area contributed by atoms with E-state index < -0.39 is 0 Å². The second-order valence-corrected chi connectivity index (χ2v) is 4.88. The van der Waals surface area contributed by atoms with E-state index in [1.165, 1.54) is 7.11 Å². The summed E-state index contributed by atoms with van der Waals surface area (Å²) < 4.78 is 12.0. The van der Waals surface area contributed by atoms with Gasteiger partial charge in [-0.2, -0.15) is 5.10 Å². The van der Waals surface area contributed by atoms with Crippen LogP contribution in [0.3, 0.4) is 0 Å². The van der Waals surface area contributed by atoms with Gasteiger partial charge in [-0.1, -0.05) is 24.3 Å². The highest BCUT2D eigenvalue weighted by molar-refractivity contribution is 5.90. The normalized spacial score (nSPS) is 10.6. The highest BCUT2D eigenvalue weighted by Gasteiger charge is 2.12. The van der Waals surface area contributed by atoms with Crippen molar-refractivity contribution in [1.82, 2.24) is 9.78 Å². The molecule has 0 atom stereocenters. The number of fused-ring (bicyclic) bond motifs is 1. The third kappa shape index (κ3) is 2.53. The van der Waals surface area contributed by atoms with E-state index in [-0.39, 0.29) is 5.97 Å². The summed E-state index contributed by atoms with van der Waals surface area (Å²) in [4.78, 5) is 11.6. The van der Waals surface area contributed by atoms with Gasteiger partial charge in [0, 0.05) is 10.9 Å². The molecule has 2 aromatic carbocycles. The van der Waals surface area contributed by atoms with Crippen molar-refractivity contribution < 1.29 is 14.3 Å². The number of carbonyl (C=O) groups excluding carboxylic acids is 1. The molecule has 5 heteroatoms. The van der Waals surface area contributed by atoms with E-state index in [9.17, 15) is 4.79 Å². The van der Waals surface area contributed by atoms with Crippen LogP contribution < -0.4 is 4.74 Å². The maximum absolute atomic E-state index is 11.6. The Bertz CT molecular complexity index is 824. The zero-order chi connectivity index (χ0) is 15.5. The van der Waals surface area contributed by atoms with Gasteiger partial charge >= 0.3 is 5.97 Å². The number of hydrogen-bond donors (Lipinski definition) is 0. The Labute approximate surface area is 128 Å². The molecule has 1 aromatic heterocycles. The molecule has 0 aliphatic carbocycles. The van der Waals surface area contributed by atoms with Crippen LogP contribution in [0.5, 0.6) is 5.75 Å². The van der Waals surface area contributed by atoms with E-state index in [4.69, 9.17) is 9.47 Å². The molecule has 0 aliphatic heterocycles. The van der Waals surface area contributed by atoms with Crippen LogP contribution >= 0.6 is 0 Å². The molecule has 3 rings (SSSR count). The Kier molecular flexibility index (Phi) is 3.78. The topological polar surface area (TPSA) is 53.4 Å². The zero-order valence-corrected chi connectivity index (χ0v) is 12.4. The standard InChI is InChI=1S/C17H16N2O3/c1-21-16-9-12(17(20)22-2)7-8-14(16)11-19-15-6-4-3-5-13(15)10-18-19/h3-10H,11H2,1-2H3. The third-order valence-corrected chi connectivity index (χ3v) is 3.58. The lowest BCUT2D eigenvalue weighted by Crippen LogP contribution is -2.06. The number of rotatable bonds is 4. The van der Waals surface area contributed by atoms with Gasteiger partial charge in [0.05, 0.1) is 38.0 Å². The van der Waals surface area contributed by atoms with Crippen molar-refractivity contribution in [1.29, 1.82) is 0 Å². The lowest BCUT2D eigenvalue weighted by atomic mass is 10.1. The van der Waals surface area contributed by atoms with Crippen LogP contribution in [0.15, 0.2) is 48.7 Å². The van der Waals surface area contributed by atoms with Crippen LogP contribution in [-0.4, -0.2) is 30.0 Å². The molecule has 3 aromatic rings. The van der Waals surface area contributed by atoms with Crippen LogP contribution in [0, 0.1) is 0 Å². The van der Waals surface area contributed by atoms with Crippen molar-refractivity contribution in [2.45, 2.75) is 6.54 Å². The summed E-state index contributed by atoms with van der Waals surface area (Å²) in [7, 11) is 2.94. The molecule has 0 amide bonds. The summed E-state index contributed by atoms with van der Waals surface area (Å²) >= 11 is 0. The lowest BCUT2D eigenvalue weighted by molar-refractivity contribution is 0.0600. The van der Waals surface area contributed by atoms with Gasteiger partial charge in [-0.25, -0.2) is 4.79 Å². The van der Waals surface area contributed by atoms with Gasteiger partial charge in [0.15, 0.2) is 0 Å². The van der Waals surface area contributed by atoms with Crippen molar-refractivity contribution in [3.8, 4) is 5.75 Å². The first-order valence-corrected chi connectivity index (χ1v) is 6.88. The smallest absolute Gasteiger partial charge is 0.337 e. The molecule has 22 heavy (non-hydrogen) atoms. The summed E-state index contributed by atoms with van der Waals surface area (Å²) in [6, 6.07) is 13.3. The molecule has 1 heterocycles. The van der Waals surface area contributed by atoms with Gasteiger partial charge in [0.2, 0.25) is 0 Å². The number of carbonyl (C=O) groups is 1. The number of nitrogens with zero attached hydrogens (tertiary/aromatic N) is 2. The van der Waals surface area contributed by atoms with E-state index in [0.717, 1.165) is 16.5 Å². The lowest BCUT2D eigenvalue weighted by Gasteiger charge is -2.11. The maximum Gasteiger partial charge on any atom is 0.337 e. The number of aromatic nitrogens is 2. The minimum atomic E-state index is -0.380. The number of hydrogen-bond acceptors (Lipinski definition) is 4. The highest BCUT2D eigenvalue weighted by Crippen LogP contribution is 2.23. The van der Waals surface area contributed by atoms with Gasteiger partial charge in [0.25, 0.3) is 0 Å². The van der Waals surface area contributed by atoms with Crippen LogP contribution in [-0.2, 0) is 11.3 Å². The van der Waals surface area contributed by atoms with E-state index >= 15 is 0 Å². The molecule has 0 radical (unpaired) electrons. The number of ether oxygens (including phenoxy) is 2. The number of benzene rings is 2. The maximum atomic E-state index is 11.6. The average Bonchev–Trinajstić information content (AvgIpc) is 2.97. The summed E-state index contributed by atoms with van der Waals surface area (Å²) in [6.07, 6.45) is 1.84. The largest absolute Gasteiger partial charge is 0.496 e. The molecule has 112 valence electrons. The van der Waals surface area contributed by atoms with Crippen LogP contribution in [0.2, 0.25) is 0 Å². The van der Waals surface area contributed by atoms with Crippen LogP contribution in [0.25, 0.3) is 10.9 Å². The molecular weight excluding hydrogens is 280 g/mol. The Morgan fingerprint density at radius 3 is 2.77 bits per heavy atom. The van der Waals surface area contributed by atoms with Crippen LogP contribution in [0.4, 0.5) is 0 Å². The Morgan fingerprint density at radius 2 is 2.00 bits per heavy atom. The number of methoxy groups -OCH3 is 2. The number of esters is 1. The summed E-state index contributed by atoms with van der Waals surface area (Å²) in [5.74, 6) is 0.261. The third-order valence-electron chi connectivity index (χ3n) is 3.58. The molecule has 0 unspecified atom stereocenters. The minimum absolute atomic E-state index is 0.380. The molecule has 0 saturated carbocycles. The zero-order valence-electron chi connectivity index (χ0n) is 12.4. The Hall–Kier alpha value is -2.82. The first kappa shape index (κ1) is 14.1. The SMILES string of the molecule is COC(=O)c1ccc(Cn2ncc3ccccc32)c(OC)c1. The van der Waals surface area contributed by atoms with E-state index in [2.05, 4.69) is 5.10 Å². The summed E-state index contributed by atoms with van der Waals surface area (Å²) in [5, 5.41) is 5.50. The van der Waals surface area contributed by atoms with E-state index in [1.807, 2.05) is 41.2 Å². The van der Waals surface area contributed by atoms with Gasteiger partial charge in [-0.3, -0.25) is 4.68 Å². The fraction of sp³-hybridized carbons (Fsp3) is 0.176. The van der Waals surface area contributed by atoms with Gasteiger partial charge in [-0.15, -0.1) is 0 Å². The second kappa shape index (κ2) is 5.89. The number of para-hydroxylation sites is 1. The fourth-order valence-electron chi connectivity index (χ4n) is 2.43. The van der Waals surface area contributed by atoms with Gasteiger partial charge < -0.3 is 9.47 Å². The molecule has 0 bridgehead atoms. The van der Waals surface area contributed by atoms with E-state index in [1.54, 1.807) is 19.2 Å². The van der Waals surface area contributed by atoms with Crippen molar-refractivity contribution >= 4 is 16.9 Å². The first-order chi connectivity index (χ1) is 10.7. The summed E-state index contributed by atoms with van der Waals surface area (Å²) in [6.45, 7) is 0.568. The molecule has 0 spiro atoms. The molecule has 0 N–H and O–H groups in total. The van der Waals surface area contributed by atoms with E-state index in [0.29, 0.717) is 17.9 Å². The monoisotopic (exact) mass is 296 g/mol. The quantitative estimate of drug-likeness (QED) is 0.695. The van der Waals surface area contributed by atoms with Gasteiger partial charge in [0.1, 0.15) is 5.75 Å². The Balaban J connectivity index is 1.96. The molecule has 5 nitrogen and oxygen atoms in total. The van der Waals surface area contributed by atoms with Crippen molar-refractivity contribution in [2.75, 3.05) is 14.2 Å². The highest BCUT2D eigenvalue weighted by atomic mass is 16.5. The predicted octanol–water partition coefficient (Wildman–Crippen LogP) is 2.88. The average molecular weight is 296 g/mol. The minimum Gasteiger partial charge on any atom is -0.496 e. The first-order valence-electron chi connectivity index (χ1n) is 6.88. The Morgan fingerprint density at radius 1 is 1.18 bits per heavy atom. The molecule has 0 fully saturated rings. The van der Waals surface area contributed by atoms with Crippen LogP contribution in [0.1, 0.15) is 15.9 Å².